The standard InChI is InChI=1S/C23H26N2O2/c1-15-4-5-18(12-16(15)2)23(26)25-10-8-17(9-11-25)21-14-24-22-7-6-19(27-3)13-20(21)22/h4-7,12-14,17,24H,8-11H2,1-3H3. The Morgan fingerprint density at radius 2 is 1.85 bits per heavy atom. The van der Waals surface area contributed by atoms with Gasteiger partial charge in [0.1, 0.15) is 5.75 Å². The highest BCUT2D eigenvalue weighted by Gasteiger charge is 2.26. The number of likely N-dealkylation sites (tertiary alicyclic amines) is 1. The number of piperidine rings is 1. The van der Waals surface area contributed by atoms with Crippen molar-refractivity contribution < 1.29 is 9.53 Å². The average Bonchev–Trinajstić information content (AvgIpc) is 3.12. The van der Waals surface area contributed by atoms with Gasteiger partial charge < -0.3 is 14.6 Å². The smallest absolute Gasteiger partial charge is 0.253 e. The number of nitrogens with zero attached hydrogens (tertiary/aromatic N) is 1. The Hall–Kier alpha value is -2.75. The second-order valence-corrected chi connectivity index (χ2v) is 7.52. The normalized spacial score (nSPS) is 15.3. The van der Waals surface area contributed by atoms with Crippen molar-refractivity contribution in [2.24, 2.45) is 0 Å². The summed E-state index contributed by atoms with van der Waals surface area (Å²) in [6.45, 7) is 5.73. The Labute approximate surface area is 160 Å². The van der Waals surface area contributed by atoms with E-state index >= 15 is 0 Å². The third-order valence-corrected chi connectivity index (χ3v) is 5.90. The number of carbonyl (C=O) groups excluding carboxylic acids is 1. The second kappa shape index (κ2) is 7.10. The number of carbonyl (C=O) groups is 1. The van der Waals surface area contributed by atoms with Crippen LogP contribution >= 0.6 is 0 Å². The van der Waals surface area contributed by atoms with Gasteiger partial charge in [0.25, 0.3) is 5.91 Å². The molecule has 1 N–H and O–H groups in total. The quantitative estimate of drug-likeness (QED) is 0.726. The van der Waals surface area contributed by atoms with Crippen LogP contribution < -0.4 is 4.74 Å². The van der Waals surface area contributed by atoms with Crippen LogP contribution in [0.2, 0.25) is 0 Å². The fourth-order valence-electron chi connectivity index (χ4n) is 4.04. The second-order valence-electron chi connectivity index (χ2n) is 7.52. The molecule has 0 atom stereocenters. The number of nitrogens with one attached hydrogen (secondary N) is 1. The van der Waals surface area contributed by atoms with E-state index in [9.17, 15) is 4.79 Å². The summed E-state index contributed by atoms with van der Waals surface area (Å²) in [7, 11) is 1.70. The van der Waals surface area contributed by atoms with Crippen LogP contribution in [0.5, 0.6) is 5.75 Å². The number of benzene rings is 2. The molecule has 1 saturated heterocycles. The summed E-state index contributed by atoms with van der Waals surface area (Å²) in [6.07, 6.45) is 4.09. The first-order valence-corrected chi connectivity index (χ1v) is 9.58. The maximum Gasteiger partial charge on any atom is 0.253 e. The van der Waals surface area contributed by atoms with Crippen molar-refractivity contribution in [3.8, 4) is 5.75 Å². The molecule has 4 nitrogen and oxygen atoms in total. The van der Waals surface area contributed by atoms with Gasteiger partial charge in [-0.3, -0.25) is 4.79 Å². The van der Waals surface area contributed by atoms with Crippen molar-refractivity contribution >= 4 is 16.8 Å². The summed E-state index contributed by atoms with van der Waals surface area (Å²) in [5.74, 6) is 1.50. The Morgan fingerprint density at radius 1 is 1.07 bits per heavy atom. The summed E-state index contributed by atoms with van der Waals surface area (Å²) < 4.78 is 5.38. The lowest BCUT2D eigenvalue weighted by Gasteiger charge is -2.32. The van der Waals surface area contributed by atoms with Gasteiger partial charge in [-0.05, 0) is 79.6 Å². The van der Waals surface area contributed by atoms with Gasteiger partial charge in [-0.1, -0.05) is 6.07 Å². The lowest BCUT2D eigenvalue weighted by molar-refractivity contribution is 0.0713. The van der Waals surface area contributed by atoms with Crippen LogP contribution in [-0.2, 0) is 0 Å². The van der Waals surface area contributed by atoms with E-state index in [0.29, 0.717) is 5.92 Å². The average molecular weight is 362 g/mol. The molecule has 27 heavy (non-hydrogen) atoms. The molecule has 4 rings (SSSR count). The molecule has 3 aromatic rings. The van der Waals surface area contributed by atoms with Crippen LogP contribution in [0, 0.1) is 13.8 Å². The first-order valence-electron chi connectivity index (χ1n) is 9.58. The number of H-pyrrole nitrogens is 1. The summed E-state index contributed by atoms with van der Waals surface area (Å²) in [5, 5.41) is 1.23. The highest BCUT2D eigenvalue weighted by molar-refractivity contribution is 5.94. The molecule has 0 aliphatic carbocycles. The largest absolute Gasteiger partial charge is 0.497 e. The summed E-state index contributed by atoms with van der Waals surface area (Å²) in [6, 6.07) is 12.1. The minimum absolute atomic E-state index is 0.150. The zero-order valence-corrected chi connectivity index (χ0v) is 16.2. The van der Waals surface area contributed by atoms with Crippen molar-refractivity contribution in [2.45, 2.75) is 32.6 Å². The highest BCUT2D eigenvalue weighted by atomic mass is 16.5. The number of rotatable bonds is 3. The lowest BCUT2D eigenvalue weighted by Crippen LogP contribution is -2.37. The van der Waals surface area contributed by atoms with Gasteiger partial charge in [0.15, 0.2) is 0 Å². The topological polar surface area (TPSA) is 45.3 Å². The minimum atomic E-state index is 0.150. The number of ether oxygens (including phenoxy) is 1. The molecule has 1 aliphatic rings. The Bertz CT molecular complexity index is 981. The van der Waals surface area contributed by atoms with E-state index in [2.05, 4.69) is 37.2 Å². The van der Waals surface area contributed by atoms with Crippen molar-refractivity contribution in [1.82, 2.24) is 9.88 Å². The molecule has 140 valence electrons. The molecule has 0 saturated carbocycles. The lowest BCUT2D eigenvalue weighted by atomic mass is 9.89. The molecule has 1 amide bonds. The maximum atomic E-state index is 12.9. The van der Waals surface area contributed by atoms with Gasteiger partial charge in [-0.15, -0.1) is 0 Å². The predicted molar refractivity (Wildman–Crippen MR) is 109 cm³/mol. The number of methoxy groups -OCH3 is 1. The monoisotopic (exact) mass is 362 g/mol. The first-order chi connectivity index (χ1) is 13.1. The van der Waals surface area contributed by atoms with Crippen molar-refractivity contribution in [2.75, 3.05) is 20.2 Å². The van der Waals surface area contributed by atoms with Crippen LogP contribution in [0.4, 0.5) is 0 Å². The molecule has 2 aromatic carbocycles. The van der Waals surface area contributed by atoms with E-state index in [1.54, 1.807) is 7.11 Å². The Balaban J connectivity index is 1.49. The van der Waals surface area contributed by atoms with Gasteiger partial charge in [0.05, 0.1) is 7.11 Å². The molecular formula is C23H26N2O2. The van der Waals surface area contributed by atoms with E-state index < -0.39 is 0 Å². The summed E-state index contributed by atoms with van der Waals surface area (Å²) in [4.78, 5) is 18.2. The van der Waals surface area contributed by atoms with E-state index in [4.69, 9.17) is 4.74 Å². The number of hydrogen-bond donors (Lipinski definition) is 1. The minimum Gasteiger partial charge on any atom is -0.497 e. The molecule has 1 aliphatic heterocycles. The zero-order valence-electron chi connectivity index (χ0n) is 16.2. The van der Waals surface area contributed by atoms with Crippen molar-refractivity contribution in [3.63, 3.8) is 0 Å². The molecule has 0 bridgehead atoms. The van der Waals surface area contributed by atoms with E-state index in [1.807, 2.05) is 29.2 Å². The van der Waals surface area contributed by atoms with Gasteiger partial charge in [0.2, 0.25) is 0 Å². The molecule has 4 heteroatoms. The van der Waals surface area contributed by atoms with Crippen LogP contribution in [0.15, 0.2) is 42.6 Å². The number of aryl methyl sites for hydroxylation is 2. The highest BCUT2D eigenvalue weighted by Crippen LogP contribution is 2.35. The van der Waals surface area contributed by atoms with Gasteiger partial charge >= 0.3 is 0 Å². The molecule has 1 aromatic heterocycles. The Kier molecular flexibility index (Phi) is 4.65. The molecule has 0 radical (unpaired) electrons. The van der Waals surface area contributed by atoms with Gasteiger partial charge in [-0.2, -0.15) is 0 Å². The number of aromatic nitrogens is 1. The molecule has 0 spiro atoms. The van der Waals surface area contributed by atoms with Gasteiger partial charge in [-0.25, -0.2) is 0 Å². The van der Waals surface area contributed by atoms with Crippen molar-refractivity contribution in [3.05, 3.63) is 64.8 Å². The molecule has 2 heterocycles. The van der Waals surface area contributed by atoms with Crippen LogP contribution in [0.25, 0.3) is 10.9 Å². The fraction of sp³-hybridized carbons (Fsp3) is 0.348. The molecule has 1 fully saturated rings. The SMILES string of the molecule is COc1ccc2[nH]cc(C3CCN(C(=O)c4ccc(C)c(C)c4)CC3)c2c1. The predicted octanol–water partition coefficient (Wildman–Crippen LogP) is 4.81. The number of amides is 1. The zero-order chi connectivity index (χ0) is 19.0. The number of aromatic amines is 1. The maximum absolute atomic E-state index is 12.9. The van der Waals surface area contributed by atoms with Gasteiger partial charge in [0, 0.05) is 35.8 Å². The number of fused-ring (bicyclic) bond motifs is 1. The molecule has 0 unspecified atom stereocenters. The molecular weight excluding hydrogens is 336 g/mol. The number of hydrogen-bond acceptors (Lipinski definition) is 2. The van der Waals surface area contributed by atoms with Crippen molar-refractivity contribution in [1.29, 1.82) is 0 Å². The van der Waals surface area contributed by atoms with Crippen LogP contribution in [-0.4, -0.2) is 36.0 Å². The Morgan fingerprint density at radius 3 is 2.56 bits per heavy atom. The summed E-state index contributed by atoms with van der Waals surface area (Å²) >= 11 is 0. The third-order valence-electron chi connectivity index (χ3n) is 5.90. The van der Waals surface area contributed by atoms with E-state index in [1.165, 1.54) is 22.1 Å². The first kappa shape index (κ1) is 17.7. The van der Waals surface area contributed by atoms with E-state index in [0.717, 1.165) is 42.8 Å². The van der Waals surface area contributed by atoms with E-state index in [-0.39, 0.29) is 5.91 Å². The van der Waals surface area contributed by atoms with Crippen LogP contribution in [0.3, 0.4) is 0 Å². The summed E-state index contributed by atoms with van der Waals surface area (Å²) in [5.41, 5.74) is 5.67. The fourth-order valence-corrected chi connectivity index (χ4v) is 4.04. The third kappa shape index (κ3) is 3.32. The van der Waals surface area contributed by atoms with Crippen LogP contribution in [0.1, 0.15) is 45.8 Å².